The highest BCUT2D eigenvalue weighted by molar-refractivity contribution is 7.47. The van der Waals surface area contributed by atoms with E-state index in [4.69, 9.17) is 9.05 Å². The lowest BCUT2D eigenvalue weighted by Gasteiger charge is -2.25. The molecule has 0 saturated carbocycles. The van der Waals surface area contributed by atoms with Gasteiger partial charge in [0.2, 0.25) is 5.91 Å². The zero-order valence-corrected chi connectivity index (χ0v) is 50.3. The van der Waals surface area contributed by atoms with Gasteiger partial charge in [0.15, 0.2) is 0 Å². The number of carbonyl (C=O) groups is 1. The molecule has 0 aromatic carbocycles. The van der Waals surface area contributed by atoms with Crippen molar-refractivity contribution in [2.75, 3.05) is 40.9 Å². The smallest absolute Gasteiger partial charge is 0.387 e. The molecule has 0 fully saturated rings. The van der Waals surface area contributed by atoms with E-state index in [0.717, 1.165) is 44.9 Å². The molecule has 0 aromatic rings. The Morgan fingerprint density at radius 2 is 0.753 bits per heavy atom. The van der Waals surface area contributed by atoms with Crippen molar-refractivity contribution in [3.8, 4) is 0 Å². The van der Waals surface area contributed by atoms with Crippen LogP contribution in [0.5, 0.6) is 0 Å². The maximum absolute atomic E-state index is 13.0. The zero-order chi connectivity index (χ0) is 53.5. The molecule has 73 heavy (non-hydrogen) atoms. The molecule has 3 atom stereocenters. The first kappa shape index (κ1) is 71.7. The predicted octanol–water partition coefficient (Wildman–Crippen LogP) is 19.7. The van der Waals surface area contributed by atoms with E-state index in [2.05, 4.69) is 43.5 Å². The Bertz CT molecular complexity index is 1280. The molecular weight excluding hydrogens is 924 g/mol. The van der Waals surface area contributed by atoms with Crippen LogP contribution in [0.3, 0.4) is 0 Å². The topological polar surface area (TPSA) is 105 Å². The molecule has 432 valence electrons. The lowest BCUT2D eigenvalue weighted by Crippen LogP contribution is -2.45. The summed E-state index contributed by atoms with van der Waals surface area (Å²) < 4.78 is 23.7. The van der Waals surface area contributed by atoms with E-state index in [-0.39, 0.29) is 19.1 Å². The second-order valence-electron chi connectivity index (χ2n) is 23.1. The van der Waals surface area contributed by atoms with E-state index in [1.807, 2.05) is 27.2 Å². The molecule has 0 rings (SSSR count). The molecule has 0 heterocycles. The number of allylic oxidation sites excluding steroid dienone is 5. The van der Waals surface area contributed by atoms with E-state index in [0.29, 0.717) is 17.4 Å². The van der Waals surface area contributed by atoms with Gasteiger partial charge in [0.1, 0.15) is 13.2 Å². The third kappa shape index (κ3) is 58.2. The van der Waals surface area contributed by atoms with Gasteiger partial charge in [-0.1, -0.05) is 301 Å². The molecule has 0 aliphatic rings. The van der Waals surface area contributed by atoms with E-state index in [9.17, 15) is 19.4 Å². The van der Waals surface area contributed by atoms with Crippen molar-refractivity contribution < 1.29 is 32.9 Å². The summed E-state index contributed by atoms with van der Waals surface area (Å²) in [6.45, 7) is 4.83. The third-order valence-electron chi connectivity index (χ3n) is 14.6. The van der Waals surface area contributed by atoms with Gasteiger partial charge in [0, 0.05) is 6.42 Å². The van der Waals surface area contributed by atoms with Crippen molar-refractivity contribution >= 4 is 13.7 Å². The number of likely N-dealkylation sites (N-methyl/N-ethyl adjacent to an activating group) is 1. The summed E-state index contributed by atoms with van der Waals surface area (Å²) >= 11 is 0. The fourth-order valence-corrected chi connectivity index (χ4v) is 10.3. The molecule has 0 radical (unpaired) electrons. The van der Waals surface area contributed by atoms with Gasteiger partial charge in [0.05, 0.1) is 39.9 Å². The fourth-order valence-electron chi connectivity index (χ4n) is 9.61. The number of aliphatic hydroxyl groups excluding tert-OH is 1. The number of rotatable bonds is 59. The highest BCUT2D eigenvalue weighted by Gasteiger charge is 2.27. The number of phosphoric ester groups is 1. The van der Waals surface area contributed by atoms with Crippen LogP contribution in [-0.2, 0) is 18.4 Å². The number of hydrogen-bond donors (Lipinski definition) is 3. The van der Waals surface area contributed by atoms with Crippen LogP contribution >= 0.6 is 7.82 Å². The molecule has 0 aliphatic carbocycles. The Kier molecular flexibility index (Phi) is 54.5. The van der Waals surface area contributed by atoms with E-state index in [1.54, 1.807) is 6.08 Å². The normalized spacial score (nSPS) is 14.0. The minimum absolute atomic E-state index is 0.0552. The van der Waals surface area contributed by atoms with Crippen molar-refractivity contribution in [1.82, 2.24) is 5.32 Å². The maximum Gasteiger partial charge on any atom is 0.472 e. The molecule has 0 bridgehead atoms. The first-order chi connectivity index (χ1) is 35.5. The van der Waals surface area contributed by atoms with Crippen LogP contribution in [-0.4, -0.2) is 73.4 Å². The second kappa shape index (κ2) is 55.5. The first-order valence-electron chi connectivity index (χ1n) is 31.9. The highest BCUT2D eigenvalue weighted by atomic mass is 31.2. The number of quaternary nitrogens is 1. The Hall–Kier alpha value is -1.28. The van der Waals surface area contributed by atoms with Crippen LogP contribution in [0.1, 0.15) is 316 Å². The summed E-state index contributed by atoms with van der Waals surface area (Å²) in [5.41, 5.74) is 0. The highest BCUT2D eigenvalue weighted by Crippen LogP contribution is 2.43. The molecule has 8 nitrogen and oxygen atoms in total. The number of hydrogen-bond acceptors (Lipinski definition) is 5. The van der Waals surface area contributed by atoms with Crippen molar-refractivity contribution in [2.45, 2.75) is 328 Å². The monoisotopic (exact) mass is 1050 g/mol. The molecule has 0 aliphatic heterocycles. The molecule has 9 heteroatoms. The van der Waals surface area contributed by atoms with Gasteiger partial charge in [-0.3, -0.25) is 13.8 Å². The Morgan fingerprint density at radius 1 is 0.452 bits per heavy atom. The molecule has 1 amide bonds. The van der Waals surface area contributed by atoms with Gasteiger partial charge >= 0.3 is 7.82 Å². The van der Waals surface area contributed by atoms with Crippen molar-refractivity contribution in [1.29, 1.82) is 0 Å². The van der Waals surface area contributed by atoms with Crippen molar-refractivity contribution in [3.05, 3.63) is 36.5 Å². The maximum atomic E-state index is 13.0. The third-order valence-corrected chi connectivity index (χ3v) is 15.6. The first-order valence-corrected chi connectivity index (χ1v) is 33.4. The summed E-state index contributed by atoms with van der Waals surface area (Å²) in [6.07, 6.45) is 72.8. The average Bonchev–Trinajstić information content (AvgIpc) is 3.35. The van der Waals surface area contributed by atoms with Crippen LogP contribution < -0.4 is 5.32 Å². The Labute approximate surface area is 455 Å². The number of aliphatic hydroxyl groups is 1. The SMILES string of the molecule is CCCCCCCCCCCC/C=C/CC/C=C/CC/C=C/C(O)C(COP(=O)(O)OCC[N+](C)(C)C)NC(=O)CCCCCCCCCCCCCCCCCCCCCCCCCCCCCCCCC. The Morgan fingerprint density at radius 3 is 1.10 bits per heavy atom. The van der Waals surface area contributed by atoms with Crippen molar-refractivity contribution in [3.63, 3.8) is 0 Å². The quantitative estimate of drug-likeness (QED) is 0.0243. The minimum Gasteiger partial charge on any atom is -0.387 e. The number of nitrogens with zero attached hydrogens (tertiary/aromatic N) is 1. The van der Waals surface area contributed by atoms with Gasteiger partial charge in [-0.15, -0.1) is 0 Å². The average molecular weight is 1050 g/mol. The van der Waals surface area contributed by atoms with Crippen molar-refractivity contribution in [2.24, 2.45) is 0 Å². The molecular formula is C64H126N2O6P+. The number of phosphoric acid groups is 1. The van der Waals surface area contributed by atoms with Gasteiger partial charge in [-0.05, 0) is 44.9 Å². The van der Waals surface area contributed by atoms with E-state index < -0.39 is 20.0 Å². The number of carbonyl (C=O) groups excluding carboxylic acids is 1. The summed E-state index contributed by atoms with van der Waals surface area (Å²) in [4.78, 5) is 23.3. The summed E-state index contributed by atoms with van der Waals surface area (Å²) in [6, 6.07) is -0.868. The van der Waals surface area contributed by atoms with Crippen LogP contribution in [0.2, 0.25) is 0 Å². The van der Waals surface area contributed by atoms with E-state index >= 15 is 0 Å². The molecule has 3 unspecified atom stereocenters. The summed E-state index contributed by atoms with van der Waals surface area (Å²) in [7, 11) is 1.56. The van der Waals surface area contributed by atoms with Gasteiger partial charge in [-0.2, -0.15) is 0 Å². The van der Waals surface area contributed by atoms with Gasteiger partial charge in [0.25, 0.3) is 0 Å². The summed E-state index contributed by atoms with van der Waals surface area (Å²) in [5.74, 6) is -0.185. The number of nitrogens with one attached hydrogen (secondary N) is 1. The van der Waals surface area contributed by atoms with Crippen LogP contribution in [0, 0.1) is 0 Å². The second-order valence-corrected chi connectivity index (χ2v) is 24.6. The van der Waals surface area contributed by atoms with Gasteiger partial charge < -0.3 is 19.8 Å². The van der Waals surface area contributed by atoms with Crippen LogP contribution in [0.25, 0.3) is 0 Å². The molecule has 3 N–H and O–H groups in total. The number of unbranched alkanes of at least 4 members (excludes halogenated alkanes) is 42. The standard InChI is InChI=1S/C64H125N2O6P/c1-6-8-10-12-14-16-18-20-22-24-26-28-29-30-31-32-33-34-35-36-37-38-40-42-44-46-48-50-52-54-56-58-64(68)65-62(61-72-73(69,70)71-60-59-66(3,4)5)63(67)57-55-53-51-49-47-45-43-41-39-27-25-23-21-19-17-15-13-11-9-7-2/h39,41,47,49,55,57,62-63,67H,6-38,40,42-46,48,50-54,56,58-61H2,1-5H3,(H-,65,68,69,70)/p+1/b41-39+,49-47+,57-55+. The minimum atomic E-state index is -4.36. The van der Waals surface area contributed by atoms with Gasteiger partial charge in [-0.25, -0.2) is 4.57 Å². The largest absolute Gasteiger partial charge is 0.472 e. The van der Waals surface area contributed by atoms with E-state index in [1.165, 1.54) is 250 Å². The molecule has 0 saturated heterocycles. The fraction of sp³-hybridized carbons (Fsp3) is 0.891. The molecule has 0 aromatic heterocycles. The summed E-state index contributed by atoms with van der Waals surface area (Å²) in [5, 5.41) is 13.9. The molecule has 0 spiro atoms. The predicted molar refractivity (Wildman–Crippen MR) is 318 cm³/mol. The van der Waals surface area contributed by atoms with Crippen LogP contribution in [0.15, 0.2) is 36.5 Å². The van der Waals surface area contributed by atoms with Crippen LogP contribution in [0.4, 0.5) is 0 Å². The lowest BCUT2D eigenvalue weighted by molar-refractivity contribution is -0.870. The Balaban J connectivity index is 4.10. The zero-order valence-electron chi connectivity index (χ0n) is 49.4. The number of amides is 1. The lowest BCUT2D eigenvalue weighted by atomic mass is 10.0.